The number of carbonyl (C=O) groups is 2. The summed E-state index contributed by atoms with van der Waals surface area (Å²) < 4.78 is 4.89. The van der Waals surface area contributed by atoms with Crippen LogP contribution >= 0.6 is 0 Å². The van der Waals surface area contributed by atoms with E-state index < -0.39 is 12.6 Å². The predicted octanol–water partition coefficient (Wildman–Crippen LogP) is 0.935. The number of benzene rings is 1. The van der Waals surface area contributed by atoms with Crippen LogP contribution in [0.2, 0.25) is 0 Å². The lowest BCUT2D eigenvalue weighted by Gasteiger charge is -2.06. The molecular weight excluding hydrogens is 198 g/mol. The van der Waals surface area contributed by atoms with Crippen molar-refractivity contribution in [3.63, 3.8) is 0 Å². The Morgan fingerprint density at radius 1 is 1.47 bits per heavy atom. The maximum absolute atomic E-state index is 11.0. The molecule has 0 aromatic heterocycles. The van der Waals surface area contributed by atoms with Crippen LogP contribution in [0.3, 0.4) is 0 Å². The first-order valence-electron chi connectivity index (χ1n) is 4.25. The molecule has 0 aliphatic rings. The molecule has 1 aromatic carbocycles. The van der Waals surface area contributed by atoms with E-state index in [1.54, 1.807) is 0 Å². The van der Waals surface area contributed by atoms with E-state index in [1.807, 2.05) is 0 Å². The number of hydrogen-bond donors (Lipinski definition) is 2. The summed E-state index contributed by atoms with van der Waals surface area (Å²) in [6.45, 7) is 0.975. The third-order valence-electron chi connectivity index (χ3n) is 1.76. The molecule has 0 aliphatic carbocycles. The molecule has 0 fully saturated rings. The molecule has 15 heavy (non-hydrogen) atoms. The number of carbonyl (C=O) groups excluding carboxylic acids is 1. The maximum Gasteiger partial charge on any atom is 0.341 e. The van der Waals surface area contributed by atoms with E-state index in [0.29, 0.717) is 11.3 Å². The van der Waals surface area contributed by atoms with Crippen molar-refractivity contribution in [2.75, 3.05) is 12.3 Å². The van der Waals surface area contributed by atoms with Gasteiger partial charge in [-0.1, -0.05) is 0 Å². The van der Waals surface area contributed by atoms with E-state index in [-0.39, 0.29) is 11.5 Å². The van der Waals surface area contributed by atoms with Gasteiger partial charge in [0.25, 0.3) is 0 Å². The zero-order valence-electron chi connectivity index (χ0n) is 8.19. The molecule has 0 spiro atoms. The van der Waals surface area contributed by atoms with E-state index in [4.69, 9.17) is 15.6 Å². The van der Waals surface area contributed by atoms with Crippen molar-refractivity contribution in [1.29, 1.82) is 0 Å². The number of anilines is 1. The fraction of sp³-hybridized carbons (Fsp3) is 0.200. The van der Waals surface area contributed by atoms with Crippen molar-refractivity contribution in [3.05, 3.63) is 23.8 Å². The molecule has 0 aliphatic heterocycles. The van der Waals surface area contributed by atoms with E-state index in [0.717, 1.165) is 0 Å². The Balaban J connectivity index is 2.82. The molecule has 1 aromatic rings. The van der Waals surface area contributed by atoms with Gasteiger partial charge in [0.2, 0.25) is 0 Å². The molecule has 5 nitrogen and oxygen atoms in total. The second-order valence-corrected chi connectivity index (χ2v) is 2.99. The Kier molecular flexibility index (Phi) is 3.28. The molecule has 0 bridgehead atoms. The zero-order valence-corrected chi connectivity index (χ0v) is 8.19. The number of ether oxygens (including phenoxy) is 1. The van der Waals surface area contributed by atoms with Crippen LogP contribution in [-0.4, -0.2) is 23.5 Å². The molecule has 5 heteroatoms. The van der Waals surface area contributed by atoms with Gasteiger partial charge in [0, 0.05) is 17.3 Å². The van der Waals surface area contributed by atoms with Gasteiger partial charge in [-0.2, -0.15) is 0 Å². The van der Waals surface area contributed by atoms with Crippen LogP contribution < -0.4 is 10.5 Å². The molecule has 0 atom stereocenters. The van der Waals surface area contributed by atoms with Crippen molar-refractivity contribution < 1.29 is 19.4 Å². The summed E-state index contributed by atoms with van der Waals surface area (Å²) >= 11 is 0. The first-order chi connectivity index (χ1) is 7.00. The number of nitrogen functional groups attached to an aromatic ring is 1. The molecule has 0 saturated heterocycles. The molecule has 80 valence electrons. The lowest BCUT2D eigenvalue weighted by Crippen LogP contribution is -2.10. The lowest BCUT2D eigenvalue weighted by atomic mass is 10.1. The highest BCUT2D eigenvalue weighted by atomic mass is 16.5. The quantitative estimate of drug-likeness (QED) is 0.568. The van der Waals surface area contributed by atoms with Gasteiger partial charge in [-0.05, 0) is 19.1 Å². The molecular formula is C10H11NO4. The Bertz CT molecular complexity index is 400. The Hall–Kier alpha value is -2.04. The lowest BCUT2D eigenvalue weighted by molar-refractivity contribution is -0.139. The number of rotatable bonds is 4. The molecule has 1 rings (SSSR count). The van der Waals surface area contributed by atoms with Gasteiger partial charge in [0.1, 0.15) is 5.75 Å². The van der Waals surface area contributed by atoms with Crippen molar-refractivity contribution in [1.82, 2.24) is 0 Å². The van der Waals surface area contributed by atoms with Gasteiger partial charge in [-0.15, -0.1) is 0 Å². The SMILES string of the molecule is CC(=O)c1ccc(OCC(=O)O)cc1N. The van der Waals surface area contributed by atoms with Crippen molar-refractivity contribution >= 4 is 17.4 Å². The highest BCUT2D eigenvalue weighted by Gasteiger charge is 2.06. The summed E-state index contributed by atoms with van der Waals surface area (Å²) in [7, 11) is 0. The van der Waals surface area contributed by atoms with E-state index in [9.17, 15) is 9.59 Å². The van der Waals surface area contributed by atoms with Crippen LogP contribution in [0.5, 0.6) is 5.75 Å². The van der Waals surface area contributed by atoms with Gasteiger partial charge in [0.15, 0.2) is 12.4 Å². The van der Waals surface area contributed by atoms with Gasteiger partial charge in [0.05, 0.1) is 0 Å². The summed E-state index contributed by atoms with van der Waals surface area (Å²) in [5.41, 5.74) is 6.26. The van der Waals surface area contributed by atoms with E-state index in [2.05, 4.69) is 0 Å². The molecule has 0 amide bonds. The molecule has 0 radical (unpaired) electrons. The summed E-state index contributed by atoms with van der Waals surface area (Å²) in [5.74, 6) is -0.874. The van der Waals surface area contributed by atoms with Crippen molar-refractivity contribution in [2.24, 2.45) is 0 Å². The van der Waals surface area contributed by atoms with Crippen LogP contribution in [0, 0.1) is 0 Å². The van der Waals surface area contributed by atoms with Crippen molar-refractivity contribution in [3.8, 4) is 5.75 Å². The smallest absolute Gasteiger partial charge is 0.341 e. The third-order valence-corrected chi connectivity index (χ3v) is 1.76. The van der Waals surface area contributed by atoms with Crippen molar-refractivity contribution in [2.45, 2.75) is 6.92 Å². The minimum atomic E-state index is -1.07. The minimum Gasteiger partial charge on any atom is -0.482 e. The standard InChI is InChI=1S/C10H11NO4/c1-6(12)8-3-2-7(4-9(8)11)15-5-10(13)14/h2-4H,5,11H2,1H3,(H,13,14). The molecule has 0 heterocycles. The largest absolute Gasteiger partial charge is 0.482 e. The van der Waals surface area contributed by atoms with Gasteiger partial charge in [-0.25, -0.2) is 4.79 Å². The topological polar surface area (TPSA) is 89.6 Å². The number of carboxylic acid groups (broad SMARTS) is 1. The average Bonchev–Trinajstić information content (AvgIpc) is 2.14. The average molecular weight is 209 g/mol. The first-order valence-corrected chi connectivity index (χ1v) is 4.25. The van der Waals surface area contributed by atoms with Crippen LogP contribution in [-0.2, 0) is 4.79 Å². The Morgan fingerprint density at radius 3 is 2.60 bits per heavy atom. The Labute approximate surface area is 86.5 Å². The number of Topliss-reactive ketones (excluding diaryl/α,β-unsaturated/α-hetero) is 1. The number of aliphatic carboxylic acids is 1. The van der Waals surface area contributed by atoms with Crippen LogP contribution in [0.25, 0.3) is 0 Å². The molecule has 0 unspecified atom stereocenters. The second kappa shape index (κ2) is 4.45. The summed E-state index contributed by atoms with van der Waals surface area (Å²) in [5, 5.41) is 8.38. The number of hydrogen-bond acceptors (Lipinski definition) is 4. The van der Waals surface area contributed by atoms with E-state index in [1.165, 1.54) is 25.1 Å². The fourth-order valence-corrected chi connectivity index (χ4v) is 1.10. The third kappa shape index (κ3) is 2.98. The van der Waals surface area contributed by atoms with Crippen LogP contribution in [0.4, 0.5) is 5.69 Å². The highest BCUT2D eigenvalue weighted by molar-refractivity contribution is 5.99. The van der Waals surface area contributed by atoms with Crippen LogP contribution in [0.15, 0.2) is 18.2 Å². The number of nitrogens with two attached hydrogens (primary N) is 1. The fourth-order valence-electron chi connectivity index (χ4n) is 1.10. The molecule has 0 saturated carbocycles. The van der Waals surface area contributed by atoms with Gasteiger partial charge in [-0.3, -0.25) is 4.79 Å². The summed E-state index contributed by atoms with van der Waals surface area (Å²) in [6, 6.07) is 4.45. The van der Waals surface area contributed by atoms with E-state index >= 15 is 0 Å². The Morgan fingerprint density at radius 2 is 2.13 bits per heavy atom. The normalized spacial score (nSPS) is 9.67. The minimum absolute atomic E-state index is 0.141. The van der Waals surface area contributed by atoms with Gasteiger partial charge >= 0.3 is 5.97 Å². The first kappa shape index (κ1) is 11.0. The van der Waals surface area contributed by atoms with Gasteiger partial charge < -0.3 is 15.6 Å². The highest BCUT2D eigenvalue weighted by Crippen LogP contribution is 2.20. The van der Waals surface area contributed by atoms with Crippen LogP contribution in [0.1, 0.15) is 17.3 Å². The maximum atomic E-state index is 11.0. The number of carboxylic acids is 1. The monoisotopic (exact) mass is 209 g/mol. The zero-order chi connectivity index (χ0) is 11.4. The summed E-state index contributed by atoms with van der Waals surface area (Å²) in [4.78, 5) is 21.3. The second-order valence-electron chi connectivity index (χ2n) is 2.99. The number of ketones is 1. The molecule has 3 N–H and O–H groups in total. The predicted molar refractivity (Wildman–Crippen MR) is 54.0 cm³/mol. The summed E-state index contributed by atoms with van der Waals surface area (Å²) in [6.07, 6.45) is 0.